The smallest absolute Gasteiger partial charge is 0.410 e. The molecule has 1 amide bonds. The van der Waals surface area contributed by atoms with Crippen molar-refractivity contribution in [1.29, 1.82) is 0 Å². The van der Waals surface area contributed by atoms with Gasteiger partial charge in [-0.1, -0.05) is 12.1 Å². The minimum atomic E-state index is -1.14. The minimum absolute atomic E-state index is 0.0641. The van der Waals surface area contributed by atoms with E-state index in [9.17, 15) is 14.7 Å². The zero-order valence-electron chi connectivity index (χ0n) is 24.0. The Labute approximate surface area is 237 Å². The molecule has 4 aromatic rings. The zero-order chi connectivity index (χ0) is 29.1. The summed E-state index contributed by atoms with van der Waals surface area (Å²) in [4.78, 5) is 41.7. The number of benzene rings is 1. The van der Waals surface area contributed by atoms with Crippen molar-refractivity contribution in [3.8, 4) is 5.82 Å². The van der Waals surface area contributed by atoms with E-state index < -0.39 is 11.2 Å². The van der Waals surface area contributed by atoms with Crippen LogP contribution >= 0.6 is 0 Å². The molecular formula is C30H35N7O4. The molecule has 41 heavy (non-hydrogen) atoms. The Kier molecular flexibility index (Phi) is 6.37. The van der Waals surface area contributed by atoms with Crippen molar-refractivity contribution in [1.82, 2.24) is 29.2 Å². The number of fused-ring (bicyclic) bond motifs is 2. The van der Waals surface area contributed by atoms with E-state index in [0.29, 0.717) is 41.6 Å². The summed E-state index contributed by atoms with van der Waals surface area (Å²) in [6.45, 7) is 9.99. The number of aromatic nitrogens is 5. The van der Waals surface area contributed by atoms with Crippen LogP contribution in [-0.2, 0) is 23.3 Å². The zero-order valence-corrected chi connectivity index (χ0v) is 24.0. The van der Waals surface area contributed by atoms with Gasteiger partial charge in [0.15, 0.2) is 11.5 Å². The van der Waals surface area contributed by atoms with E-state index in [1.165, 1.54) is 5.56 Å². The van der Waals surface area contributed by atoms with E-state index in [-0.39, 0.29) is 17.7 Å². The highest BCUT2D eigenvalue weighted by Gasteiger charge is 2.32. The molecule has 214 valence electrons. The standard InChI is InChI=1S/C30H35N7O4/c1-29(2,3)41-28(39)35-14-13-18-9-10-20(15-19(18)17-35)32-27-31-16-22-25(34-27)37(36(26(22)38)21-11-12-21)24-8-6-7-23(33-24)30(4,5)40/h6-10,15-16,21,40H,11-14,17H2,1-5H3,(H,31,32,34). The molecule has 0 atom stereocenters. The first-order chi connectivity index (χ1) is 19.4. The van der Waals surface area contributed by atoms with E-state index in [1.807, 2.05) is 51.1 Å². The second-order valence-corrected chi connectivity index (χ2v) is 12.3. The number of amides is 1. The number of rotatable bonds is 5. The maximum atomic E-state index is 13.4. The first-order valence-corrected chi connectivity index (χ1v) is 13.9. The van der Waals surface area contributed by atoms with Gasteiger partial charge in [-0.2, -0.15) is 4.98 Å². The number of anilines is 2. The summed E-state index contributed by atoms with van der Waals surface area (Å²) in [5.74, 6) is 0.835. The number of hydrogen-bond donors (Lipinski definition) is 2. The average molecular weight is 558 g/mol. The molecule has 0 spiro atoms. The molecule has 3 aromatic heterocycles. The van der Waals surface area contributed by atoms with E-state index >= 15 is 0 Å². The lowest BCUT2D eigenvalue weighted by Gasteiger charge is -2.31. The van der Waals surface area contributed by atoms with Gasteiger partial charge in [-0.05, 0) is 89.3 Å². The summed E-state index contributed by atoms with van der Waals surface area (Å²) in [7, 11) is 0. The number of hydrogen-bond acceptors (Lipinski definition) is 8. The fourth-order valence-corrected chi connectivity index (χ4v) is 5.06. The summed E-state index contributed by atoms with van der Waals surface area (Å²) >= 11 is 0. The molecule has 11 heteroatoms. The van der Waals surface area contributed by atoms with Crippen LogP contribution < -0.4 is 10.9 Å². The Morgan fingerprint density at radius 1 is 1.07 bits per heavy atom. The van der Waals surface area contributed by atoms with Crippen molar-refractivity contribution >= 4 is 28.8 Å². The second-order valence-electron chi connectivity index (χ2n) is 12.3. The molecule has 1 aromatic carbocycles. The Morgan fingerprint density at radius 3 is 2.56 bits per heavy atom. The molecule has 0 radical (unpaired) electrons. The predicted molar refractivity (Wildman–Crippen MR) is 155 cm³/mol. The molecule has 11 nitrogen and oxygen atoms in total. The number of aliphatic hydroxyl groups is 1. The van der Waals surface area contributed by atoms with Crippen LogP contribution in [0.3, 0.4) is 0 Å². The van der Waals surface area contributed by atoms with Gasteiger partial charge in [-0.15, -0.1) is 0 Å². The highest BCUT2D eigenvalue weighted by molar-refractivity contribution is 5.77. The lowest BCUT2D eigenvalue weighted by atomic mass is 9.99. The third kappa shape index (κ3) is 5.41. The molecular weight excluding hydrogens is 522 g/mol. The molecule has 0 unspecified atom stereocenters. The Bertz CT molecular complexity index is 1710. The summed E-state index contributed by atoms with van der Waals surface area (Å²) in [5, 5.41) is 14.2. The van der Waals surface area contributed by atoms with Crippen molar-refractivity contribution in [3.05, 3.63) is 69.8 Å². The quantitative estimate of drug-likeness (QED) is 0.365. The maximum Gasteiger partial charge on any atom is 0.410 e. The van der Waals surface area contributed by atoms with Gasteiger partial charge in [0.1, 0.15) is 16.6 Å². The first-order valence-electron chi connectivity index (χ1n) is 13.9. The van der Waals surface area contributed by atoms with Crippen LogP contribution in [0.1, 0.15) is 70.3 Å². The number of carbonyl (C=O) groups excluding carboxylic acids is 1. The summed E-state index contributed by atoms with van der Waals surface area (Å²) < 4.78 is 9.01. The third-order valence-electron chi connectivity index (χ3n) is 7.22. The molecule has 1 fully saturated rings. The van der Waals surface area contributed by atoms with Gasteiger partial charge in [-0.3, -0.25) is 4.79 Å². The third-order valence-corrected chi connectivity index (χ3v) is 7.22. The van der Waals surface area contributed by atoms with E-state index in [0.717, 1.165) is 30.5 Å². The molecule has 2 N–H and O–H groups in total. The van der Waals surface area contributed by atoms with Gasteiger partial charge in [0.2, 0.25) is 5.95 Å². The van der Waals surface area contributed by atoms with Crippen molar-refractivity contribution in [2.45, 2.75) is 77.7 Å². The molecule has 4 heterocycles. The molecule has 1 aliphatic carbocycles. The highest BCUT2D eigenvalue weighted by Crippen LogP contribution is 2.36. The van der Waals surface area contributed by atoms with Gasteiger partial charge in [-0.25, -0.2) is 24.1 Å². The largest absolute Gasteiger partial charge is 0.444 e. The minimum Gasteiger partial charge on any atom is -0.444 e. The molecule has 2 aliphatic rings. The van der Waals surface area contributed by atoms with E-state index in [1.54, 1.807) is 40.4 Å². The van der Waals surface area contributed by atoms with E-state index in [4.69, 9.17) is 9.72 Å². The van der Waals surface area contributed by atoms with Crippen LogP contribution in [0.25, 0.3) is 16.9 Å². The molecule has 0 saturated heterocycles. The average Bonchev–Trinajstić information content (AvgIpc) is 3.70. The normalized spacial score (nSPS) is 15.6. The van der Waals surface area contributed by atoms with Gasteiger partial charge < -0.3 is 20.1 Å². The number of nitrogens with zero attached hydrogens (tertiary/aromatic N) is 6. The number of carbonyl (C=O) groups is 1. The molecule has 1 aliphatic heterocycles. The van der Waals surface area contributed by atoms with Gasteiger partial charge >= 0.3 is 6.09 Å². The molecule has 0 bridgehead atoms. The second kappa shape index (κ2) is 9.69. The highest BCUT2D eigenvalue weighted by atomic mass is 16.6. The Morgan fingerprint density at radius 2 is 1.85 bits per heavy atom. The van der Waals surface area contributed by atoms with Crippen LogP contribution in [0, 0.1) is 0 Å². The van der Waals surface area contributed by atoms with Crippen molar-refractivity contribution < 1.29 is 14.6 Å². The SMILES string of the molecule is CC(C)(C)OC(=O)N1CCc2ccc(Nc3ncc4c(=O)n(C5CC5)n(-c5cccc(C(C)(C)O)n5)c4n3)cc2C1. The Hall–Kier alpha value is -4.25. The van der Waals surface area contributed by atoms with Crippen LogP contribution in [0.2, 0.25) is 0 Å². The summed E-state index contributed by atoms with van der Waals surface area (Å²) in [6, 6.07) is 11.5. The topological polar surface area (TPSA) is 127 Å². The van der Waals surface area contributed by atoms with Crippen LogP contribution in [0.5, 0.6) is 0 Å². The molecule has 6 rings (SSSR count). The van der Waals surface area contributed by atoms with Gasteiger partial charge in [0.25, 0.3) is 5.56 Å². The van der Waals surface area contributed by atoms with Crippen LogP contribution in [0.4, 0.5) is 16.4 Å². The number of ether oxygens (including phenoxy) is 1. The lowest BCUT2D eigenvalue weighted by molar-refractivity contribution is 0.0224. The van der Waals surface area contributed by atoms with Gasteiger partial charge in [0.05, 0.1) is 11.7 Å². The van der Waals surface area contributed by atoms with Crippen molar-refractivity contribution in [2.75, 3.05) is 11.9 Å². The van der Waals surface area contributed by atoms with E-state index in [2.05, 4.69) is 15.3 Å². The number of nitrogens with one attached hydrogen (secondary N) is 1. The fraction of sp³-hybridized carbons (Fsp3) is 0.433. The number of pyridine rings is 1. The van der Waals surface area contributed by atoms with Crippen LogP contribution in [-0.4, -0.2) is 52.6 Å². The fourth-order valence-electron chi connectivity index (χ4n) is 5.06. The van der Waals surface area contributed by atoms with Crippen molar-refractivity contribution in [3.63, 3.8) is 0 Å². The first kappa shape index (κ1) is 26.9. The maximum absolute atomic E-state index is 13.4. The summed E-state index contributed by atoms with van der Waals surface area (Å²) in [6.07, 6.45) is 3.76. The monoisotopic (exact) mass is 557 g/mol. The molecule has 1 saturated carbocycles. The van der Waals surface area contributed by atoms with Crippen LogP contribution in [0.15, 0.2) is 47.4 Å². The van der Waals surface area contributed by atoms with Crippen molar-refractivity contribution in [2.24, 2.45) is 0 Å². The van der Waals surface area contributed by atoms with Gasteiger partial charge in [0, 0.05) is 25.0 Å². The Balaban J connectivity index is 1.34. The lowest BCUT2D eigenvalue weighted by Crippen LogP contribution is -2.39. The predicted octanol–water partition coefficient (Wildman–Crippen LogP) is 4.58. The summed E-state index contributed by atoms with van der Waals surface area (Å²) in [5.41, 5.74) is 2.05.